The van der Waals surface area contributed by atoms with Crippen LogP contribution in [0, 0.1) is 0 Å². The van der Waals surface area contributed by atoms with Crippen LogP contribution in [0.2, 0.25) is 0 Å². The van der Waals surface area contributed by atoms with Crippen LogP contribution in [-0.2, 0) is 0 Å². The monoisotopic (exact) mass is 449 g/mol. The van der Waals surface area contributed by atoms with E-state index in [9.17, 15) is 0 Å². The number of nitrogens with one attached hydrogen (secondary N) is 2. The molecule has 0 spiro atoms. The van der Waals surface area contributed by atoms with Gasteiger partial charge in [-0.25, -0.2) is 4.98 Å². The van der Waals surface area contributed by atoms with E-state index in [4.69, 9.17) is 4.98 Å². The molecule has 2 N–H and O–H groups in total. The molecule has 152 valence electrons. The summed E-state index contributed by atoms with van der Waals surface area (Å²) in [5.41, 5.74) is 8.49. The number of nitrogens with zero attached hydrogens (tertiary/aromatic N) is 3. The first-order valence-electron chi connectivity index (χ1n) is 10.2. The van der Waals surface area contributed by atoms with Crippen LogP contribution >= 0.6 is 23.1 Å². The number of para-hydroxylation sites is 1. The SMILES string of the molecule is c1ccc2sc(-c3ccc4c(c3)Sc3cc(-c5ccc6n[nH]nc6c5)ccc3N4)nc2c1. The largest absolute Gasteiger partial charge is 0.354 e. The molecule has 5 nitrogen and oxygen atoms in total. The fraction of sp³-hybridized carbons (Fsp3) is 0. The van der Waals surface area contributed by atoms with E-state index in [0.29, 0.717) is 0 Å². The van der Waals surface area contributed by atoms with Crippen LogP contribution in [0.4, 0.5) is 11.4 Å². The van der Waals surface area contributed by atoms with Crippen LogP contribution in [0.1, 0.15) is 0 Å². The zero-order valence-electron chi connectivity index (χ0n) is 16.7. The summed E-state index contributed by atoms with van der Waals surface area (Å²) < 4.78 is 1.21. The maximum absolute atomic E-state index is 4.83. The molecular weight excluding hydrogens is 434 g/mol. The second-order valence-electron chi connectivity index (χ2n) is 7.66. The highest BCUT2D eigenvalue weighted by atomic mass is 32.2. The van der Waals surface area contributed by atoms with Gasteiger partial charge in [0.15, 0.2) is 0 Å². The smallest absolute Gasteiger partial charge is 0.124 e. The Bertz CT molecular complexity index is 1570. The van der Waals surface area contributed by atoms with Crippen molar-refractivity contribution in [2.75, 3.05) is 5.32 Å². The molecule has 0 unspecified atom stereocenters. The third-order valence-electron chi connectivity index (χ3n) is 5.64. The van der Waals surface area contributed by atoms with Gasteiger partial charge in [0.05, 0.1) is 21.6 Å². The van der Waals surface area contributed by atoms with Gasteiger partial charge in [0, 0.05) is 15.4 Å². The van der Waals surface area contributed by atoms with Crippen LogP contribution in [0.5, 0.6) is 0 Å². The van der Waals surface area contributed by atoms with E-state index in [1.807, 2.05) is 12.1 Å². The van der Waals surface area contributed by atoms with E-state index in [1.54, 1.807) is 23.1 Å². The fourth-order valence-corrected chi connectivity index (χ4v) is 6.04. The van der Waals surface area contributed by atoms with E-state index in [1.165, 1.54) is 14.5 Å². The van der Waals surface area contributed by atoms with Gasteiger partial charge in [-0.2, -0.15) is 15.4 Å². The second-order valence-corrected chi connectivity index (χ2v) is 9.78. The number of hydrogen-bond acceptors (Lipinski definition) is 6. The molecular formula is C25H15N5S2. The molecule has 0 fully saturated rings. The number of thiazole rings is 1. The highest BCUT2D eigenvalue weighted by Gasteiger charge is 2.18. The Labute approximate surface area is 191 Å². The number of benzene rings is 4. The van der Waals surface area contributed by atoms with E-state index in [0.717, 1.165) is 49.6 Å². The van der Waals surface area contributed by atoms with Gasteiger partial charge >= 0.3 is 0 Å². The van der Waals surface area contributed by atoms with Gasteiger partial charge in [-0.3, -0.25) is 0 Å². The summed E-state index contributed by atoms with van der Waals surface area (Å²) in [6.07, 6.45) is 0. The molecule has 32 heavy (non-hydrogen) atoms. The van der Waals surface area contributed by atoms with E-state index in [2.05, 4.69) is 87.5 Å². The van der Waals surface area contributed by atoms with Crippen molar-refractivity contribution in [2.24, 2.45) is 0 Å². The van der Waals surface area contributed by atoms with Crippen molar-refractivity contribution in [3.63, 3.8) is 0 Å². The summed E-state index contributed by atoms with van der Waals surface area (Å²) in [6, 6.07) is 27.5. The lowest BCUT2D eigenvalue weighted by atomic mass is 10.0. The molecule has 1 aliphatic heterocycles. The molecule has 7 heteroatoms. The molecule has 3 heterocycles. The highest BCUT2D eigenvalue weighted by molar-refractivity contribution is 7.99. The van der Waals surface area contributed by atoms with Gasteiger partial charge < -0.3 is 5.32 Å². The second kappa shape index (κ2) is 6.91. The van der Waals surface area contributed by atoms with Gasteiger partial charge in [0.2, 0.25) is 0 Å². The number of aromatic nitrogens is 4. The third kappa shape index (κ3) is 2.90. The molecule has 0 radical (unpaired) electrons. The van der Waals surface area contributed by atoms with E-state index >= 15 is 0 Å². The van der Waals surface area contributed by atoms with Crippen molar-refractivity contribution in [2.45, 2.75) is 9.79 Å². The molecule has 4 aromatic carbocycles. The third-order valence-corrected chi connectivity index (χ3v) is 7.84. The minimum atomic E-state index is 0.872. The molecule has 0 saturated heterocycles. The number of rotatable bonds is 2. The molecule has 2 aromatic heterocycles. The summed E-state index contributed by atoms with van der Waals surface area (Å²) in [6.45, 7) is 0. The molecule has 6 aromatic rings. The van der Waals surface area contributed by atoms with Gasteiger partial charge in [-0.05, 0) is 65.7 Å². The Balaban J connectivity index is 1.26. The summed E-state index contributed by atoms with van der Waals surface area (Å²) >= 11 is 3.53. The average Bonchev–Trinajstić information content (AvgIpc) is 3.48. The van der Waals surface area contributed by atoms with Gasteiger partial charge in [-0.1, -0.05) is 36.0 Å². The van der Waals surface area contributed by atoms with Crippen LogP contribution in [0.15, 0.2) is 88.7 Å². The lowest BCUT2D eigenvalue weighted by Gasteiger charge is -2.22. The standard InChI is InChI=1S/C25H15N5S2/c1-2-4-22-18(3-1)27-25(32-22)16-7-10-20-24(13-16)31-23-12-15(6-9-19(23)26-20)14-5-8-17-21(11-14)29-30-28-17/h1-13,26H,(H,28,29,30). The van der Waals surface area contributed by atoms with Crippen molar-refractivity contribution in [1.29, 1.82) is 0 Å². The quantitative estimate of drug-likeness (QED) is 0.294. The van der Waals surface area contributed by atoms with Crippen molar-refractivity contribution in [1.82, 2.24) is 20.4 Å². The zero-order chi connectivity index (χ0) is 21.1. The van der Waals surface area contributed by atoms with Crippen molar-refractivity contribution >= 4 is 55.7 Å². The summed E-state index contributed by atoms with van der Waals surface area (Å²) in [7, 11) is 0. The van der Waals surface area contributed by atoms with E-state index < -0.39 is 0 Å². The Morgan fingerprint density at radius 2 is 1.34 bits per heavy atom. The molecule has 7 rings (SSSR count). The number of hydrogen-bond donors (Lipinski definition) is 2. The molecule has 0 bridgehead atoms. The topological polar surface area (TPSA) is 66.5 Å². The minimum Gasteiger partial charge on any atom is -0.354 e. The Hall–Kier alpha value is -3.68. The van der Waals surface area contributed by atoms with Gasteiger partial charge in [0.25, 0.3) is 0 Å². The maximum Gasteiger partial charge on any atom is 0.124 e. The first-order chi connectivity index (χ1) is 15.8. The van der Waals surface area contributed by atoms with Crippen LogP contribution in [0.3, 0.4) is 0 Å². The predicted molar refractivity (Wildman–Crippen MR) is 132 cm³/mol. The lowest BCUT2D eigenvalue weighted by Crippen LogP contribution is -2.00. The predicted octanol–water partition coefficient (Wildman–Crippen LogP) is 7.11. The van der Waals surface area contributed by atoms with Gasteiger partial charge in [0.1, 0.15) is 16.0 Å². The van der Waals surface area contributed by atoms with E-state index in [-0.39, 0.29) is 0 Å². The normalized spacial score (nSPS) is 12.5. The summed E-state index contributed by atoms with van der Waals surface area (Å²) in [5.74, 6) is 0. The first kappa shape index (κ1) is 17.9. The van der Waals surface area contributed by atoms with Crippen LogP contribution in [-0.4, -0.2) is 20.4 Å². The summed E-state index contributed by atoms with van der Waals surface area (Å²) in [4.78, 5) is 7.24. The Kier molecular flexibility index (Phi) is 3.88. The lowest BCUT2D eigenvalue weighted by molar-refractivity contribution is 0.959. The molecule has 1 aliphatic rings. The highest BCUT2D eigenvalue weighted by Crippen LogP contribution is 2.47. The fourth-order valence-electron chi connectivity index (χ4n) is 4.01. The van der Waals surface area contributed by atoms with Crippen LogP contribution < -0.4 is 5.32 Å². The molecule has 0 saturated carbocycles. The number of aromatic amines is 1. The Morgan fingerprint density at radius 1 is 0.625 bits per heavy atom. The number of H-pyrrole nitrogens is 1. The average molecular weight is 450 g/mol. The van der Waals surface area contributed by atoms with Crippen molar-refractivity contribution in [3.8, 4) is 21.7 Å². The number of anilines is 2. The van der Waals surface area contributed by atoms with Gasteiger partial charge in [-0.15, -0.1) is 11.3 Å². The molecule has 0 atom stereocenters. The zero-order valence-corrected chi connectivity index (χ0v) is 18.3. The molecule has 0 amide bonds. The minimum absolute atomic E-state index is 0.872. The van der Waals surface area contributed by atoms with Crippen molar-refractivity contribution < 1.29 is 0 Å². The first-order valence-corrected chi connectivity index (χ1v) is 11.8. The maximum atomic E-state index is 4.83. The summed E-state index contributed by atoms with van der Waals surface area (Å²) in [5, 5.41) is 15.7. The van der Waals surface area contributed by atoms with Crippen LogP contribution in [0.25, 0.3) is 42.9 Å². The molecule has 0 aliphatic carbocycles. The Morgan fingerprint density at radius 3 is 2.22 bits per heavy atom. The number of fused-ring (bicyclic) bond motifs is 4. The van der Waals surface area contributed by atoms with Crippen molar-refractivity contribution in [3.05, 3.63) is 78.9 Å².